The van der Waals surface area contributed by atoms with Crippen LogP contribution in [-0.4, -0.2) is 29.3 Å². The molecule has 0 aliphatic rings. The Morgan fingerprint density at radius 2 is 2.15 bits per heavy atom. The summed E-state index contributed by atoms with van der Waals surface area (Å²) < 4.78 is 27.7. The van der Waals surface area contributed by atoms with Crippen LogP contribution in [0.2, 0.25) is 0 Å². The van der Waals surface area contributed by atoms with Crippen LogP contribution in [0.4, 0.5) is 5.82 Å². The van der Waals surface area contributed by atoms with Gasteiger partial charge in [-0.05, 0) is 17.7 Å². The van der Waals surface area contributed by atoms with Crippen LogP contribution in [0.3, 0.4) is 0 Å². The summed E-state index contributed by atoms with van der Waals surface area (Å²) in [5.74, 6) is -1.19. The van der Waals surface area contributed by atoms with E-state index in [9.17, 15) is 13.2 Å². The Bertz CT molecular complexity index is 737. The van der Waals surface area contributed by atoms with Gasteiger partial charge >= 0.3 is 5.97 Å². The second-order valence-corrected chi connectivity index (χ2v) is 5.96. The number of rotatable bonds is 5. The van der Waals surface area contributed by atoms with E-state index < -0.39 is 16.0 Å². The zero-order valence-electron chi connectivity index (χ0n) is 10.6. The first kappa shape index (κ1) is 14.1. The maximum Gasteiger partial charge on any atom is 0.335 e. The van der Waals surface area contributed by atoms with E-state index in [1.165, 1.54) is 28.9 Å². The summed E-state index contributed by atoms with van der Waals surface area (Å²) in [6.45, 7) is 0. The van der Waals surface area contributed by atoms with Crippen molar-refractivity contribution >= 4 is 21.8 Å². The third-order valence-electron chi connectivity index (χ3n) is 2.50. The summed E-state index contributed by atoms with van der Waals surface area (Å²) in [6, 6.07) is 7.34. The fraction of sp³-hybridized carbons (Fsp3) is 0.167. The summed E-state index contributed by atoms with van der Waals surface area (Å²) in [5.41, 5.74) is 0.448. The fourth-order valence-corrected chi connectivity index (χ4v) is 2.80. The first-order valence-corrected chi connectivity index (χ1v) is 7.33. The number of aromatic nitrogens is 2. The second-order valence-electron chi connectivity index (χ2n) is 4.24. The minimum absolute atomic E-state index is 0.0514. The van der Waals surface area contributed by atoms with E-state index in [1.54, 1.807) is 19.3 Å². The van der Waals surface area contributed by atoms with Crippen molar-refractivity contribution in [2.45, 2.75) is 5.75 Å². The lowest BCUT2D eigenvalue weighted by atomic mass is 10.1. The molecule has 7 nitrogen and oxygen atoms in total. The molecule has 8 heteroatoms. The molecule has 2 aromatic rings. The van der Waals surface area contributed by atoms with Gasteiger partial charge in [0, 0.05) is 19.3 Å². The van der Waals surface area contributed by atoms with Crippen molar-refractivity contribution in [1.82, 2.24) is 9.78 Å². The first-order valence-electron chi connectivity index (χ1n) is 5.68. The number of anilines is 1. The summed E-state index contributed by atoms with van der Waals surface area (Å²) in [4.78, 5) is 10.8. The largest absolute Gasteiger partial charge is 0.478 e. The molecule has 0 bridgehead atoms. The van der Waals surface area contributed by atoms with Gasteiger partial charge in [-0.25, -0.2) is 13.2 Å². The number of carboxylic acid groups (broad SMARTS) is 1. The Morgan fingerprint density at radius 1 is 1.40 bits per heavy atom. The first-order chi connectivity index (χ1) is 9.35. The van der Waals surface area contributed by atoms with Gasteiger partial charge in [0.25, 0.3) is 0 Å². The van der Waals surface area contributed by atoms with Crippen LogP contribution in [0.5, 0.6) is 0 Å². The Morgan fingerprint density at radius 3 is 2.75 bits per heavy atom. The number of nitrogens with one attached hydrogen (secondary N) is 1. The fourth-order valence-electron chi connectivity index (χ4n) is 1.68. The monoisotopic (exact) mass is 295 g/mol. The Balaban J connectivity index is 2.15. The smallest absolute Gasteiger partial charge is 0.335 e. The number of hydrogen-bond acceptors (Lipinski definition) is 4. The van der Waals surface area contributed by atoms with Crippen LogP contribution in [0.15, 0.2) is 36.5 Å². The molecule has 0 atom stereocenters. The van der Waals surface area contributed by atoms with E-state index in [4.69, 9.17) is 5.11 Å². The maximum atomic E-state index is 12.0. The summed E-state index contributed by atoms with van der Waals surface area (Å²) in [5, 5.41) is 12.8. The van der Waals surface area contributed by atoms with Crippen LogP contribution < -0.4 is 4.72 Å². The normalized spacial score (nSPS) is 11.2. The molecule has 0 unspecified atom stereocenters. The highest BCUT2D eigenvalue weighted by molar-refractivity contribution is 7.91. The molecule has 0 spiro atoms. The van der Waals surface area contributed by atoms with E-state index in [1.807, 2.05) is 0 Å². The Hall–Kier alpha value is -2.35. The van der Waals surface area contributed by atoms with Gasteiger partial charge in [0.15, 0.2) is 5.82 Å². The molecular formula is C12H13N3O4S. The lowest BCUT2D eigenvalue weighted by Crippen LogP contribution is -2.16. The predicted molar refractivity (Wildman–Crippen MR) is 72.9 cm³/mol. The quantitative estimate of drug-likeness (QED) is 0.859. The number of hydrogen-bond donors (Lipinski definition) is 2. The zero-order chi connectivity index (χ0) is 14.8. The molecule has 0 saturated heterocycles. The number of aryl methyl sites for hydroxylation is 1. The minimum atomic E-state index is -3.64. The van der Waals surface area contributed by atoms with Gasteiger partial charge < -0.3 is 5.11 Å². The average molecular weight is 295 g/mol. The van der Waals surface area contributed by atoms with Gasteiger partial charge in [0.05, 0.1) is 11.3 Å². The second kappa shape index (κ2) is 5.33. The van der Waals surface area contributed by atoms with Crippen molar-refractivity contribution in [3.05, 3.63) is 47.7 Å². The summed E-state index contributed by atoms with van der Waals surface area (Å²) >= 11 is 0. The molecule has 0 aliphatic heterocycles. The van der Waals surface area contributed by atoms with E-state index in [-0.39, 0.29) is 17.1 Å². The SMILES string of the molecule is Cn1ccc(NS(=O)(=O)Cc2cccc(C(=O)O)c2)n1. The molecule has 2 N–H and O–H groups in total. The van der Waals surface area contributed by atoms with Gasteiger partial charge in [-0.2, -0.15) is 5.10 Å². The van der Waals surface area contributed by atoms with E-state index >= 15 is 0 Å². The molecule has 0 fully saturated rings. The lowest BCUT2D eigenvalue weighted by molar-refractivity contribution is 0.0696. The van der Waals surface area contributed by atoms with E-state index in [0.717, 1.165) is 0 Å². The predicted octanol–water partition coefficient (Wildman–Crippen LogP) is 1.06. The van der Waals surface area contributed by atoms with Crippen molar-refractivity contribution in [3.8, 4) is 0 Å². The molecule has 0 amide bonds. The van der Waals surface area contributed by atoms with Gasteiger partial charge in [0.1, 0.15) is 0 Å². The van der Waals surface area contributed by atoms with Crippen LogP contribution in [-0.2, 0) is 22.8 Å². The van der Waals surface area contributed by atoms with Gasteiger partial charge in [0.2, 0.25) is 10.0 Å². The number of benzene rings is 1. The lowest BCUT2D eigenvalue weighted by Gasteiger charge is -2.06. The Labute approximate surface area is 115 Å². The third kappa shape index (κ3) is 3.58. The molecule has 1 aromatic carbocycles. The highest BCUT2D eigenvalue weighted by Gasteiger charge is 2.14. The minimum Gasteiger partial charge on any atom is -0.478 e. The van der Waals surface area contributed by atoms with Crippen LogP contribution in [0.1, 0.15) is 15.9 Å². The molecule has 20 heavy (non-hydrogen) atoms. The zero-order valence-corrected chi connectivity index (χ0v) is 11.5. The molecule has 0 aliphatic carbocycles. The van der Waals surface area contributed by atoms with Crippen molar-refractivity contribution in [3.63, 3.8) is 0 Å². The van der Waals surface area contributed by atoms with Crippen molar-refractivity contribution in [2.75, 3.05) is 4.72 Å². The van der Waals surface area contributed by atoms with Crippen molar-refractivity contribution in [2.24, 2.45) is 7.05 Å². The average Bonchev–Trinajstić information content (AvgIpc) is 2.73. The molecule has 2 rings (SSSR count). The number of carboxylic acids is 1. The molecule has 1 heterocycles. The molecule has 0 radical (unpaired) electrons. The number of sulfonamides is 1. The number of aromatic carboxylic acids is 1. The highest BCUT2D eigenvalue weighted by Crippen LogP contribution is 2.12. The summed E-state index contributed by atoms with van der Waals surface area (Å²) in [6.07, 6.45) is 1.61. The standard InChI is InChI=1S/C12H13N3O4S/c1-15-6-5-11(13-15)14-20(18,19)8-9-3-2-4-10(7-9)12(16)17/h2-7H,8H2,1H3,(H,13,14)(H,16,17). The number of carbonyl (C=O) groups is 1. The van der Waals surface area contributed by atoms with Crippen LogP contribution in [0.25, 0.3) is 0 Å². The molecule has 1 aromatic heterocycles. The van der Waals surface area contributed by atoms with E-state index in [0.29, 0.717) is 5.56 Å². The third-order valence-corrected chi connectivity index (χ3v) is 3.74. The molecule has 106 valence electrons. The van der Waals surface area contributed by atoms with Crippen LogP contribution in [0, 0.1) is 0 Å². The van der Waals surface area contributed by atoms with E-state index in [2.05, 4.69) is 9.82 Å². The topological polar surface area (TPSA) is 101 Å². The van der Waals surface area contributed by atoms with Gasteiger partial charge in [-0.15, -0.1) is 0 Å². The maximum absolute atomic E-state index is 12.0. The number of nitrogens with zero attached hydrogens (tertiary/aromatic N) is 2. The van der Waals surface area contributed by atoms with Crippen molar-refractivity contribution in [1.29, 1.82) is 0 Å². The summed E-state index contributed by atoms with van der Waals surface area (Å²) in [7, 11) is -1.96. The molecule has 0 saturated carbocycles. The Kier molecular flexibility index (Phi) is 3.75. The highest BCUT2D eigenvalue weighted by atomic mass is 32.2. The van der Waals surface area contributed by atoms with Gasteiger partial charge in [-0.1, -0.05) is 12.1 Å². The van der Waals surface area contributed by atoms with Crippen molar-refractivity contribution < 1.29 is 18.3 Å². The van der Waals surface area contributed by atoms with Gasteiger partial charge in [-0.3, -0.25) is 9.40 Å². The van der Waals surface area contributed by atoms with Crippen LogP contribution >= 0.6 is 0 Å². The molecular weight excluding hydrogens is 282 g/mol.